The Morgan fingerprint density at radius 3 is 1.97 bits per heavy atom. The van der Waals surface area contributed by atoms with Gasteiger partial charge in [0.1, 0.15) is 5.57 Å². The van der Waals surface area contributed by atoms with E-state index in [9.17, 15) is 28.8 Å². The van der Waals surface area contributed by atoms with E-state index >= 15 is 0 Å². The molecule has 1 unspecified atom stereocenters. The van der Waals surface area contributed by atoms with Crippen LogP contribution in [0.5, 0.6) is 0 Å². The van der Waals surface area contributed by atoms with E-state index in [0.717, 1.165) is 37.3 Å². The number of fused-ring (bicyclic) bond motifs is 4. The number of carbonyl (C=O) groups excluding carboxylic acids is 6. The van der Waals surface area contributed by atoms with E-state index in [0.29, 0.717) is 18.5 Å². The normalized spacial score (nSPS) is 22.2. The second kappa shape index (κ2) is 10.6. The molecule has 3 fully saturated rings. The zero-order chi connectivity index (χ0) is 26.8. The van der Waals surface area contributed by atoms with Gasteiger partial charge in [0.05, 0.1) is 6.04 Å². The lowest BCUT2D eigenvalue weighted by atomic mass is 9.68. The number of halogens is 2. The van der Waals surface area contributed by atoms with Crippen LogP contribution in [0.2, 0.25) is 0 Å². The fourth-order valence-corrected chi connectivity index (χ4v) is 6.18. The Balaban J connectivity index is 0.00000210. The summed E-state index contributed by atoms with van der Waals surface area (Å²) in [7, 11) is 2.79. The van der Waals surface area contributed by atoms with Gasteiger partial charge in [0, 0.05) is 39.4 Å². The molecule has 210 valence electrons. The third-order valence-corrected chi connectivity index (χ3v) is 8.01. The van der Waals surface area contributed by atoms with Gasteiger partial charge in [0.25, 0.3) is 11.8 Å². The number of anilines is 1. The maximum atomic E-state index is 13.6. The number of carbonyl (C=O) groups is 6. The van der Waals surface area contributed by atoms with E-state index in [2.05, 4.69) is 4.90 Å². The predicted octanol–water partition coefficient (Wildman–Crippen LogP) is 2.31. The van der Waals surface area contributed by atoms with Gasteiger partial charge in [-0.05, 0) is 62.4 Å². The van der Waals surface area contributed by atoms with Crippen LogP contribution in [-0.4, -0.2) is 95.1 Å². The number of nitrogens with zero attached hydrogens (tertiary/aromatic N) is 5. The number of hydrogen-bond acceptors (Lipinski definition) is 7. The molecule has 5 rings (SSSR count). The molecule has 11 nitrogen and oxygen atoms in total. The van der Waals surface area contributed by atoms with Crippen molar-refractivity contribution in [3.8, 4) is 0 Å². The van der Waals surface area contributed by atoms with Crippen molar-refractivity contribution < 1.29 is 28.8 Å². The fourth-order valence-electron chi connectivity index (χ4n) is 6.18. The molecule has 1 aromatic carbocycles. The van der Waals surface area contributed by atoms with Gasteiger partial charge in [0.2, 0.25) is 11.8 Å². The van der Waals surface area contributed by atoms with Crippen molar-refractivity contribution in [3.05, 3.63) is 34.9 Å². The third kappa shape index (κ3) is 4.10. The van der Waals surface area contributed by atoms with Gasteiger partial charge < -0.3 is 4.90 Å². The molecule has 3 saturated heterocycles. The van der Waals surface area contributed by atoms with E-state index in [1.54, 1.807) is 26.0 Å². The Hall–Kier alpha value is -3.44. The summed E-state index contributed by atoms with van der Waals surface area (Å²) in [6, 6.07) is 3.78. The quantitative estimate of drug-likeness (QED) is 0.306. The van der Waals surface area contributed by atoms with Gasteiger partial charge in [-0.25, -0.2) is 9.59 Å². The lowest BCUT2D eigenvalue weighted by molar-refractivity contribution is -0.159. The minimum absolute atomic E-state index is 0. The largest absolute Gasteiger partial charge is 0.367 e. The Morgan fingerprint density at radius 2 is 1.44 bits per heavy atom. The first-order valence-corrected chi connectivity index (χ1v) is 12.5. The van der Waals surface area contributed by atoms with Crippen molar-refractivity contribution in [3.63, 3.8) is 0 Å². The summed E-state index contributed by atoms with van der Waals surface area (Å²) in [5.74, 6) is -2.34. The number of urea groups is 2. The Morgan fingerprint density at radius 1 is 0.872 bits per heavy atom. The van der Waals surface area contributed by atoms with Crippen LogP contribution in [0.3, 0.4) is 0 Å². The average Bonchev–Trinajstić information content (AvgIpc) is 3.39. The topological polar surface area (TPSA) is 119 Å². The smallest absolute Gasteiger partial charge is 0.333 e. The molecule has 0 N–H and O–H groups in total. The third-order valence-electron chi connectivity index (χ3n) is 8.01. The molecular formula is C26H31Cl2N5O6. The number of benzene rings is 1. The summed E-state index contributed by atoms with van der Waals surface area (Å²) < 4.78 is 0. The highest BCUT2D eigenvalue weighted by molar-refractivity contribution is 6.31. The molecule has 1 spiro atoms. The number of amides is 8. The zero-order valence-electron chi connectivity index (χ0n) is 22.1. The first kappa shape index (κ1) is 30.1. The van der Waals surface area contributed by atoms with Crippen molar-refractivity contribution in [1.82, 2.24) is 19.6 Å². The molecule has 39 heavy (non-hydrogen) atoms. The van der Waals surface area contributed by atoms with Crippen LogP contribution < -0.4 is 4.90 Å². The van der Waals surface area contributed by atoms with E-state index in [4.69, 9.17) is 0 Å². The second-order valence-electron chi connectivity index (χ2n) is 9.84. The Kier molecular flexibility index (Phi) is 8.19. The molecule has 1 aromatic rings. The molecular weight excluding hydrogens is 549 g/mol. The monoisotopic (exact) mass is 579 g/mol. The first-order valence-electron chi connectivity index (χ1n) is 12.5. The molecule has 4 heterocycles. The highest BCUT2D eigenvalue weighted by atomic mass is 35.5. The van der Waals surface area contributed by atoms with Crippen LogP contribution in [0.25, 0.3) is 6.08 Å². The van der Waals surface area contributed by atoms with Crippen molar-refractivity contribution in [1.29, 1.82) is 0 Å². The molecule has 1 atom stereocenters. The minimum Gasteiger partial charge on any atom is -0.367 e. The van der Waals surface area contributed by atoms with Crippen LogP contribution in [0, 0.1) is 5.41 Å². The van der Waals surface area contributed by atoms with E-state index in [-0.39, 0.29) is 55.9 Å². The predicted molar refractivity (Wildman–Crippen MR) is 147 cm³/mol. The number of rotatable bonds is 3. The Labute approximate surface area is 238 Å². The van der Waals surface area contributed by atoms with E-state index < -0.39 is 41.1 Å². The molecule has 8 amide bonds. The van der Waals surface area contributed by atoms with Crippen LogP contribution in [0.4, 0.5) is 15.3 Å². The maximum absolute atomic E-state index is 13.6. The van der Waals surface area contributed by atoms with Gasteiger partial charge in [-0.15, -0.1) is 24.8 Å². The van der Waals surface area contributed by atoms with Crippen molar-refractivity contribution in [2.45, 2.75) is 39.2 Å². The minimum atomic E-state index is -1.44. The summed E-state index contributed by atoms with van der Waals surface area (Å²) in [5.41, 5.74) is 0.589. The number of hydrogen-bond donors (Lipinski definition) is 0. The lowest BCUT2D eigenvalue weighted by Gasteiger charge is -2.50. The van der Waals surface area contributed by atoms with Gasteiger partial charge in [-0.3, -0.25) is 38.8 Å². The fraction of sp³-hybridized carbons (Fsp3) is 0.462. The molecule has 13 heteroatoms. The lowest BCUT2D eigenvalue weighted by Crippen LogP contribution is -2.70. The van der Waals surface area contributed by atoms with Crippen LogP contribution in [0.15, 0.2) is 23.8 Å². The molecule has 4 aliphatic heterocycles. The zero-order valence-corrected chi connectivity index (χ0v) is 23.8. The molecule has 4 aliphatic rings. The van der Waals surface area contributed by atoms with E-state index in [1.807, 2.05) is 6.07 Å². The highest BCUT2D eigenvalue weighted by Crippen LogP contribution is 2.49. The van der Waals surface area contributed by atoms with Gasteiger partial charge in [-0.1, -0.05) is 6.07 Å². The Bertz CT molecular complexity index is 1260. The molecule has 0 radical (unpaired) electrons. The van der Waals surface area contributed by atoms with Crippen LogP contribution in [0.1, 0.15) is 37.8 Å². The van der Waals surface area contributed by atoms with Crippen LogP contribution in [-0.2, 0) is 25.6 Å². The maximum Gasteiger partial charge on any atom is 0.333 e. The summed E-state index contributed by atoms with van der Waals surface area (Å²) in [4.78, 5) is 84.2. The van der Waals surface area contributed by atoms with Gasteiger partial charge >= 0.3 is 12.1 Å². The summed E-state index contributed by atoms with van der Waals surface area (Å²) >= 11 is 0. The summed E-state index contributed by atoms with van der Waals surface area (Å²) in [5, 5.41) is 0. The molecule has 0 bridgehead atoms. The number of barbiturate groups is 2. The highest BCUT2D eigenvalue weighted by Gasteiger charge is 2.63. The van der Waals surface area contributed by atoms with Crippen molar-refractivity contribution in [2.24, 2.45) is 5.41 Å². The summed E-state index contributed by atoms with van der Waals surface area (Å²) in [6.07, 6.45) is 3.01. The van der Waals surface area contributed by atoms with Crippen molar-refractivity contribution >= 4 is 72.3 Å². The summed E-state index contributed by atoms with van der Waals surface area (Å²) in [6.45, 7) is 4.26. The number of imide groups is 4. The molecule has 0 aromatic heterocycles. The van der Waals surface area contributed by atoms with Gasteiger partial charge in [0.15, 0.2) is 5.41 Å². The number of likely N-dealkylation sites (N-methyl/N-ethyl adjacent to an activating group) is 2. The average molecular weight is 580 g/mol. The van der Waals surface area contributed by atoms with Crippen LogP contribution >= 0.6 is 24.8 Å². The molecule has 0 saturated carbocycles. The standard InChI is InChI=1S/C26H29N5O6.2ClH/c1-5-29-20(32)17(21(33)30(6-2)25(29)37)13-15-9-10-18-16(12-15)14-26(19-8-7-11-31(18)19)22(34)27(3)24(36)28(4)23(26)35;;/h9-10,12-13,19H,5-8,11,14H2,1-4H3;2*1H. The first-order chi connectivity index (χ1) is 17.6. The molecule has 0 aliphatic carbocycles. The van der Waals surface area contributed by atoms with Gasteiger partial charge in [-0.2, -0.15) is 0 Å². The van der Waals surface area contributed by atoms with E-state index in [1.165, 1.54) is 20.2 Å². The van der Waals surface area contributed by atoms with Crippen molar-refractivity contribution in [2.75, 3.05) is 38.6 Å². The SMILES string of the molecule is CCN1C(=O)C(=Cc2ccc3c(c2)CC2(C(=O)N(C)C(=O)N(C)C2=O)C2CCCN32)C(=O)N(CC)C1=O.Cl.Cl. The second-order valence-corrected chi connectivity index (χ2v) is 9.84.